The molecule has 4 heteroatoms. The predicted octanol–water partition coefficient (Wildman–Crippen LogP) is -0.438. The minimum Gasteiger partial charge on any atom is -0.438 e. The van der Waals surface area contributed by atoms with E-state index in [9.17, 15) is 9.59 Å². The normalized spacial score (nSPS) is 22.5. The van der Waals surface area contributed by atoms with Gasteiger partial charge in [-0.25, -0.2) is 0 Å². The van der Waals surface area contributed by atoms with Gasteiger partial charge < -0.3 is 10.1 Å². The molecule has 1 rings (SSSR count). The summed E-state index contributed by atoms with van der Waals surface area (Å²) in [7, 11) is 0. The zero-order valence-electron chi connectivity index (χ0n) is 5.46. The van der Waals surface area contributed by atoms with Gasteiger partial charge in [-0.3, -0.25) is 9.59 Å². The molecule has 0 aromatic heterocycles. The molecule has 0 saturated heterocycles. The highest BCUT2D eigenvalue weighted by Gasteiger charge is 2.15. The summed E-state index contributed by atoms with van der Waals surface area (Å²) in [6.07, 6.45) is 2.25. The van der Waals surface area contributed by atoms with Crippen LogP contribution in [0.1, 0.15) is 6.92 Å². The van der Waals surface area contributed by atoms with Crippen molar-refractivity contribution in [1.82, 2.24) is 5.32 Å². The van der Waals surface area contributed by atoms with Crippen molar-refractivity contribution in [3.63, 3.8) is 0 Å². The van der Waals surface area contributed by atoms with E-state index in [1.54, 1.807) is 0 Å². The van der Waals surface area contributed by atoms with E-state index in [4.69, 9.17) is 0 Å². The number of hydrogen-bond donors (Lipinski definition) is 1. The van der Waals surface area contributed by atoms with Gasteiger partial charge in [-0.05, 0) is 6.08 Å². The zero-order valence-corrected chi connectivity index (χ0v) is 5.46. The lowest BCUT2D eigenvalue weighted by molar-refractivity contribution is -0.145. The molecule has 54 valence electrons. The van der Waals surface area contributed by atoms with Crippen LogP contribution in [0.3, 0.4) is 0 Å². The van der Waals surface area contributed by atoms with Crippen LogP contribution in [0.4, 0.5) is 0 Å². The van der Waals surface area contributed by atoms with Crippen molar-refractivity contribution in [2.24, 2.45) is 0 Å². The fraction of sp³-hybridized carbons (Fsp3) is 0.333. The van der Waals surface area contributed by atoms with E-state index < -0.39 is 12.2 Å². The monoisotopic (exact) mass is 141 g/mol. The maximum Gasteiger partial charge on any atom is 0.304 e. The zero-order chi connectivity index (χ0) is 7.56. The number of nitrogens with one attached hydrogen (secondary N) is 1. The summed E-state index contributed by atoms with van der Waals surface area (Å²) in [6.45, 7) is 1.29. The van der Waals surface area contributed by atoms with Crippen LogP contribution in [0.5, 0.6) is 0 Å². The fourth-order valence-corrected chi connectivity index (χ4v) is 0.659. The molecular formula is C6H7NO3. The van der Waals surface area contributed by atoms with Gasteiger partial charge in [0, 0.05) is 13.0 Å². The SMILES string of the molecule is CC(=O)O[C@@H]1C=CC(=O)N1. The van der Waals surface area contributed by atoms with Crippen LogP contribution in [0.25, 0.3) is 0 Å². The minimum absolute atomic E-state index is 0.230. The number of rotatable bonds is 1. The third-order valence-electron chi connectivity index (χ3n) is 1.000. The number of amides is 1. The molecule has 0 bridgehead atoms. The highest BCUT2D eigenvalue weighted by molar-refractivity contribution is 5.90. The van der Waals surface area contributed by atoms with Gasteiger partial charge in [0.15, 0.2) is 6.23 Å². The molecule has 1 heterocycles. The Morgan fingerprint density at radius 3 is 2.90 bits per heavy atom. The standard InChI is InChI=1S/C6H7NO3/c1-4(8)10-6-3-2-5(9)7-6/h2-3,6H,1H3,(H,7,9)/t6-/m1/s1. The number of carbonyl (C=O) groups excluding carboxylic acids is 2. The Morgan fingerprint density at radius 1 is 1.80 bits per heavy atom. The van der Waals surface area contributed by atoms with Crippen LogP contribution in [0, 0.1) is 0 Å². The van der Waals surface area contributed by atoms with E-state index >= 15 is 0 Å². The minimum atomic E-state index is -0.565. The number of hydrogen-bond acceptors (Lipinski definition) is 3. The Morgan fingerprint density at radius 2 is 2.50 bits per heavy atom. The van der Waals surface area contributed by atoms with Crippen molar-refractivity contribution in [3.05, 3.63) is 12.2 Å². The first-order valence-electron chi connectivity index (χ1n) is 2.84. The Hall–Kier alpha value is -1.32. The predicted molar refractivity (Wildman–Crippen MR) is 32.8 cm³/mol. The van der Waals surface area contributed by atoms with Crippen molar-refractivity contribution in [2.45, 2.75) is 13.2 Å². The highest BCUT2D eigenvalue weighted by Crippen LogP contribution is 1.97. The summed E-state index contributed by atoms with van der Waals surface area (Å²) in [5.41, 5.74) is 0. The van der Waals surface area contributed by atoms with Gasteiger partial charge >= 0.3 is 5.97 Å². The van der Waals surface area contributed by atoms with Crippen LogP contribution in [-0.2, 0) is 14.3 Å². The first-order valence-corrected chi connectivity index (χ1v) is 2.84. The van der Waals surface area contributed by atoms with Crippen LogP contribution in [-0.4, -0.2) is 18.1 Å². The molecule has 0 aliphatic carbocycles. The summed E-state index contributed by atoms with van der Waals surface area (Å²) < 4.78 is 4.62. The average Bonchev–Trinajstić information content (AvgIpc) is 2.13. The van der Waals surface area contributed by atoms with Gasteiger partial charge in [-0.2, -0.15) is 0 Å². The summed E-state index contributed by atoms with van der Waals surface area (Å²) in [4.78, 5) is 20.7. The maximum atomic E-state index is 10.4. The molecule has 1 aliphatic rings. The van der Waals surface area contributed by atoms with E-state index in [-0.39, 0.29) is 5.91 Å². The van der Waals surface area contributed by atoms with Crippen LogP contribution < -0.4 is 5.32 Å². The van der Waals surface area contributed by atoms with Crippen LogP contribution in [0.2, 0.25) is 0 Å². The molecule has 0 radical (unpaired) electrons. The van der Waals surface area contributed by atoms with E-state index in [2.05, 4.69) is 10.1 Å². The molecule has 0 spiro atoms. The number of esters is 1. The van der Waals surface area contributed by atoms with E-state index in [0.29, 0.717) is 0 Å². The molecule has 1 N–H and O–H groups in total. The van der Waals surface area contributed by atoms with Gasteiger partial charge in [0.25, 0.3) is 0 Å². The smallest absolute Gasteiger partial charge is 0.304 e. The second-order valence-corrected chi connectivity index (χ2v) is 1.90. The fourth-order valence-electron chi connectivity index (χ4n) is 0.659. The molecule has 0 unspecified atom stereocenters. The first-order chi connectivity index (χ1) is 4.68. The molecule has 0 aromatic rings. The first kappa shape index (κ1) is 6.80. The van der Waals surface area contributed by atoms with Crippen molar-refractivity contribution >= 4 is 11.9 Å². The lowest BCUT2D eigenvalue weighted by Gasteiger charge is -2.07. The quantitative estimate of drug-likeness (QED) is 0.504. The summed E-state index contributed by atoms with van der Waals surface area (Å²) >= 11 is 0. The third kappa shape index (κ3) is 1.58. The highest BCUT2D eigenvalue weighted by atomic mass is 16.6. The van der Waals surface area contributed by atoms with Crippen LogP contribution in [0.15, 0.2) is 12.2 Å². The lowest BCUT2D eigenvalue weighted by atomic mass is 10.5. The topological polar surface area (TPSA) is 55.4 Å². The third-order valence-corrected chi connectivity index (χ3v) is 1.000. The average molecular weight is 141 g/mol. The van der Waals surface area contributed by atoms with Gasteiger partial charge in [0.1, 0.15) is 0 Å². The molecule has 4 nitrogen and oxygen atoms in total. The van der Waals surface area contributed by atoms with Crippen LogP contribution >= 0.6 is 0 Å². The summed E-state index contributed by atoms with van der Waals surface area (Å²) in [6, 6.07) is 0. The Kier molecular flexibility index (Phi) is 1.71. The van der Waals surface area contributed by atoms with Gasteiger partial charge in [-0.15, -0.1) is 0 Å². The van der Waals surface area contributed by atoms with Gasteiger partial charge in [-0.1, -0.05) is 0 Å². The van der Waals surface area contributed by atoms with Crippen molar-refractivity contribution < 1.29 is 14.3 Å². The molecule has 1 atom stereocenters. The maximum absolute atomic E-state index is 10.4. The molecule has 10 heavy (non-hydrogen) atoms. The second kappa shape index (κ2) is 2.51. The van der Waals surface area contributed by atoms with Crippen molar-refractivity contribution in [1.29, 1.82) is 0 Å². The summed E-state index contributed by atoms with van der Waals surface area (Å²) in [5, 5.41) is 2.39. The number of ether oxygens (including phenoxy) is 1. The molecule has 1 amide bonds. The van der Waals surface area contributed by atoms with E-state index in [1.165, 1.54) is 19.1 Å². The molecular weight excluding hydrogens is 134 g/mol. The second-order valence-electron chi connectivity index (χ2n) is 1.90. The Balaban J connectivity index is 2.40. The van der Waals surface area contributed by atoms with Gasteiger partial charge in [0.05, 0.1) is 0 Å². The van der Waals surface area contributed by atoms with Crippen molar-refractivity contribution in [3.8, 4) is 0 Å². The molecule has 0 fully saturated rings. The summed E-state index contributed by atoms with van der Waals surface area (Å²) in [5.74, 6) is -0.636. The molecule has 1 aliphatic heterocycles. The molecule has 0 saturated carbocycles. The Bertz CT molecular complexity index is 197. The Labute approximate surface area is 57.9 Å². The van der Waals surface area contributed by atoms with Gasteiger partial charge in [0.2, 0.25) is 5.91 Å². The lowest BCUT2D eigenvalue weighted by Crippen LogP contribution is -2.30. The molecule has 0 aromatic carbocycles. The largest absolute Gasteiger partial charge is 0.438 e. The van der Waals surface area contributed by atoms with Crippen molar-refractivity contribution in [2.75, 3.05) is 0 Å². The van der Waals surface area contributed by atoms with E-state index in [0.717, 1.165) is 0 Å². The van der Waals surface area contributed by atoms with E-state index in [1.807, 2.05) is 0 Å². The number of carbonyl (C=O) groups is 2.